The summed E-state index contributed by atoms with van der Waals surface area (Å²) < 4.78 is 11.1. The van der Waals surface area contributed by atoms with Crippen LogP contribution in [0.15, 0.2) is 59.2 Å². The lowest BCUT2D eigenvalue weighted by Crippen LogP contribution is -2.31. The molecule has 0 aliphatic carbocycles. The average molecular weight is 415 g/mol. The van der Waals surface area contributed by atoms with Gasteiger partial charge in [0.15, 0.2) is 6.10 Å². The summed E-state index contributed by atoms with van der Waals surface area (Å²) in [7, 11) is 0. The third-order valence-electron chi connectivity index (χ3n) is 5.48. The maximum absolute atomic E-state index is 12.6. The number of anilines is 1. The molecule has 5 heteroatoms. The van der Waals surface area contributed by atoms with E-state index >= 15 is 0 Å². The van der Waals surface area contributed by atoms with Crippen molar-refractivity contribution < 1.29 is 18.7 Å². The van der Waals surface area contributed by atoms with E-state index in [2.05, 4.69) is 5.32 Å². The van der Waals surface area contributed by atoms with Crippen LogP contribution in [-0.2, 0) is 20.7 Å². The molecule has 3 aromatic carbocycles. The Balaban J connectivity index is 1.48. The van der Waals surface area contributed by atoms with E-state index in [1.165, 1.54) is 0 Å². The zero-order valence-electron chi connectivity index (χ0n) is 18.1. The number of ether oxygens (including phenoxy) is 1. The number of carbonyl (C=O) groups excluding carboxylic acids is 2. The minimum atomic E-state index is -0.914. The van der Waals surface area contributed by atoms with Crippen molar-refractivity contribution in [2.75, 3.05) is 5.32 Å². The summed E-state index contributed by atoms with van der Waals surface area (Å²) in [5.41, 5.74) is 5.30. The first-order valence-corrected chi connectivity index (χ1v) is 10.3. The molecule has 0 saturated carbocycles. The van der Waals surface area contributed by atoms with Crippen molar-refractivity contribution in [3.63, 3.8) is 0 Å². The SMILES string of the molecule is Cc1cc(C)c(NC(=O)C(C)OC(=O)Cc2coc3ccc4ccccc4c23)c(C)c1. The first-order valence-electron chi connectivity index (χ1n) is 10.3. The summed E-state index contributed by atoms with van der Waals surface area (Å²) in [6, 6.07) is 15.9. The summed E-state index contributed by atoms with van der Waals surface area (Å²) in [6.45, 7) is 7.48. The average Bonchev–Trinajstić information content (AvgIpc) is 3.13. The molecular formula is C26H25NO4. The van der Waals surface area contributed by atoms with Crippen LogP contribution in [0.2, 0.25) is 0 Å². The maximum atomic E-state index is 12.6. The standard InChI is InChI=1S/C26H25NO4/c1-15-11-16(2)25(17(3)12-15)27-26(29)18(4)31-23(28)13-20-14-30-22-10-9-19-7-5-6-8-21(19)24(20)22/h5-12,14,18H,13H2,1-4H3,(H,27,29). The Kier molecular flexibility index (Phi) is 5.51. The number of amides is 1. The first-order chi connectivity index (χ1) is 14.8. The van der Waals surface area contributed by atoms with Crippen molar-refractivity contribution in [3.05, 3.63) is 77.0 Å². The summed E-state index contributed by atoms with van der Waals surface area (Å²) in [5, 5.41) is 5.88. The van der Waals surface area contributed by atoms with E-state index in [0.29, 0.717) is 0 Å². The van der Waals surface area contributed by atoms with E-state index in [0.717, 1.165) is 49.7 Å². The number of carbonyl (C=O) groups is 2. The molecule has 0 fully saturated rings. The molecule has 1 heterocycles. The van der Waals surface area contributed by atoms with Crippen molar-refractivity contribution >= 4 is 39.3 Å². The normalized spacial score (nSPS) is 12.1. The molecule has 4 rings (SSSR count). The Morgan fingerprint density at radius 1 is 1.03 bits per heavy atom. The summed E-state index contributed by atoms with van der Waals surface area (Å²) >= 11 is 0. The molecule has 0 bridgehead atoms. The van der Waals surface area contributed by atoms with Gasteiger partial charge in [0.05, 0.1) is 12.7 Å². The molecule has 4 aromatic rings. The predicted molar refractivity (Wildman–Crippen MR) is 122 cm³/mol. The van der Waals surface area contributed by atoms with E-state index in [1.54, 1.807) is 13.2 Å². The molecule has 31 heavy (non-hydrogen) atoms. The zero-order chi connectivity index (χ0) is 22.1. The highest BCUT2D eigenvalue weighted by Crippen LogP contribution is 2.30. The van der Waals surface area contributed by atoms with Crippen molar-refractivity contribution in [1.82, 2.24) is 0 Å². The van der Waals surface area contributed by atoms with E-state index in [9.17, 15) is 9.59 Å². The summed E-state index contributed by atoms with van der Waals surface area (Å²) in [6.07, 6.45) is 0.700. The van der Waals surface area contributed by atoms with Gasteiger partial charge in [0.1, 0.15) is 5.58 Å². The van der Waals surface area contributed by atoms with E-state index in [4.69, 9.17) is 9.15 Å². The van der Waals surface area contributed by atoms with E-state index < -0.39 is 12.1 Å². The molecule has 1 unspecified atom stereocenters. The second-order valence-corrected chi connectivity index (χ2v) is 7.99. The third kappa shape index (κ3) is 4.17. The molecule has 0 saturated heterocycles. The molecule has 1 aromatic heterocycles. The Morgan fingerprint density at radius 2 is 1.74 bits per heavy atom. The van der Waals surface area contributed by atoms with Gasteiger partial charge >= 0.3 is 5.97 Å². The van der Waals surface area contributed by atoms with Crippen LogP contribution in [0.4, 0.5) is 5.69 Å². The number of benzene rings is 3. The van der Waals surface area contributed by atoms with Crippen LogP contribution >= 0.6 is 0 Å². The molecule has 0 spiro atoms. The summed E-state index contributed by atoms with van der Waals surface area (Å²) in [4.78, 5) is 25.2. The van der Waals surface area contributed by atoms with Crippen LogP contribution in [-0.4, -0.2) is 18.0 Å². The highest BCUT2D eigenvalue weighted by atomic mass is 16.5. The number of esters is 1. The topological polar surface area (TPSA) is 68.5 Å². The largest absolute Gasteiger partial charge is 0.464 e. The highest BCUT2D eigenvalue weighted by Gasteiger charge is 2.21. The fourth-order valence-electron chi connectivity index (χ4n) is 4.05. The van der Waals surface area contributed by atoms with Crippen molar-refractivity contribution in [3.8, 4) is 0 Å². The van der Waals surface area contributed by atoms with Gasteiger partial charge < -0.3 is 14.5 Å². The monoisotopic (exact) mass is 415 g/mol. The van der Waals surface area contributed by atoms with Crippen LogP contribution in [0.1, 0.15) is 29.2 Å². The number of hydrogen-bond acceptors (Lipinski definition) is 4. The van der Waals surface area contributed by atoms with Crippen LogP contribution in [0.5, 0.6) is 0 Å². The Hall–Kier alpha value is -3.60. The highest BCUT2D eigenvalue weighted by molar-refractivity contribution is 6.08. The van der Waals surface area contributed by atoms with Gasteiger partial charge in [-0.2, -0.15) is 0 Å². The zero-order valence-corrected chi connectivity index (χ0v) is 18.1. The minimum absolute atomic E-state index is 0.0290. The molecule has 1 atom stereocenters. The van der Waals surface area contributed by atoms with Gasteiger partial charge in [-0.05, 0) is 55.7 Å². The minimum Gasteiger partial charge on any atom is -0.464 e. The summed E-state index contributed by atoms with van der Waals surface area (Å²) in [5.74, 6) is -0.832. The van der Waals surface area contributed by atoms with Gasteiger partial charge in [-0.1, -0.05) is 48.0 Å². The Morgan fingerprint density at radius 3 is 2.48 bits per heavy atom. The second kappa shape index (κ2) is 8.26. The van der Waals surface area contributed by atoms with Crippen LogP contribution in [0.3, 0.4) is 0 Å². The lowest BCUT2D eigenvalue weighted by Gasteiger charge is -2.17. The quantitative estimate of drug-likeness (QED) is 0.429. The van der Waals surface area contributed by atoms with Gasteiger partial charge in [-0.25, -0.2) is 0 Å². The predicted octanol–water partition coefficient (Wildman–Crippen LogP) is 5.62. The van der Waals surface area contributed by atoms with Crippen LogP contribution < -0.4 is 5.32 Å². The number of fused-ring (bicyclic) bond motifs is 3. The lowest BCUT2D eigenvalue weighted by atomic mass is 10.0. The second-order valence-electron chi connectivity index (χ2n) is 7.99. The van der Waals surface area contributed by atoms with Crippen LogP contribution in [0.25, 0.3) is 21.7 Å². The molecule has 0 aliphatic rings. The number of aryl methyl sites for hydroxylation is 3. The molecule has 1 N–H and O–H groups in total. The molecular weight excluding hydrogens is 390 g/mol. The van der Waals surface area contributed by atoms with Gasteiger partial charge in [0.25, 0.3) is 5.91 Å². The van der Waals surface area contributed by atoms with Crippen molar-refractivity contribution in [2.24, 2.45) is 0 Å². The fourth-order valence-corrected chi connectivity index (χ4v) is 4.05. The molecule has 5 nitrogen and oxygen atoms in total. The van der Waals surface area contributed by atoms with Crippen LogP contribution in [0, 0.1) is 20.8 Å². The Bertz CT molecular complexity index is 1280. The van der Waals surface area contributed by atoms with E-state index in [1.807, 2.05) is 69.3 Å². The number of furan rings is 1. The van der Waals surface area contributed by atoms with Gasteiger partial charge in [0, 0.05) is 16.6 Å². The molecule has 158 valence electrons. The van der Waals surface area contributed by atoms with Gasteiger partial charge in [-0.15, -0.1) is 0 Å². The fraction of sp³-hybridized carbons (Fsp3) is 0.231. The van der Waals surface area contributed by atoms with Gasteiger partial charge in [-0.3, -0.25) is 9.59 Å². The Labute approximate surface area is 181 Å². The van der Waals surface area contributed by atoms with Gasteiger partial charge in [0.2, 0.25) is 0 Å². The first kappa shape index (κ1) is 20.7. The molecule has 0 aliphatic heterocycles. The number of hydrogen-bond donors (Lipinski definition) is 1. The third-order valence-corrected chi connectivity index (χ3v) is 5.48. The van der Waals surface area contributed by atoms with Crippen molar-refractivity contribution in [1.29, 1.82) is 0 Å². The molecule has 1 amide bonds. The van der Waals surface area contributed by atoms with E-state index in [-0.39, 0.29) is 12.3 Å². The maximum Gasteiger partial charge on any atom is 0.311 e. The smallest absolute Gasteiger partial charge is 0.311 e. The molecule has 0 radical (unpaired) electrons. The number of rotatable bonds is 5. The number of nitrogens with one attached hydrogen (secondary N) is 1. The lowest BCUT2D eigenvalue weighted by molar-refractivity contribution is -0.152. The van der Waals surface area contributed by atoms with Crippen molar-refractivity contribution in [2.45, 2.75) is 40.2 Å².